The van der Waals surface area contributed by atoms with Gasteiger partial charge >= 0.3 is 0 Å². The largest absolute Gasteiger partial charge is 0.308 e. The lowest BCUT2D eigenvalue weighted by atomic mass is 10.2. The van der Waals surface area contributed by atoms with Crippen LogP contribution in [0.1, 0.15) is 13.8 Å². The lowest BCUT2D eigenvalue weighted by Gasteiger charge is -1.97. The molecule has 0 spiro atoms. The summed E-state index contributed by atoms with van der Waals surface area (Å²) in [5.41, 5.74) is 2.68. The Morgan fingerprint density at radius 1 is 1.36 bits per heavy atom. The second-order valence-corrected chi connectivity index (χ2v) is 1.98. The summed E-state index contributed by atoms with van der Waals surface area (Å²) >= 11 is 5.30. The second kappa shape index (κ2) is 5.86. The zero-order valence-corrected chi connectivity index (χ0v) is 7.39. The van der Waals surface area contributed by atoms with Crippen LogP contribution >= 0.6 is 11.6 Å². The van der Waals surface area contributed by atoms with Crippen LogP contribution in [0.3, 0.4) is 0 Å². The molecule has 0 unspecified atom stereocenters. The van der Waals surface area contributed by atoms with Gasteiger partial charge in [-0.15, -0.1) is 0 Å². The third-order valence-electron chi connectivity index (χ3n) is 1.22. The maximum atomic E-state index is 7.02. The van der Waals surface area contributed by atoms with Crippen LogP contribution in [-0.4, -0.2) is 11.9 Å². The second-order valence-electron chi connectivity index (χ2n) is 1.79. The van der Waals surface area contributed by atoms with Gasteiger partial charge in [-0.05, 0) is 13.8 Å². The van der Waals surface area contributed by atoms with Crippen molar-refractivity contribution in [1.82, 2.24) is 0 Å². The van der Waals surface area contributed by atoms with E-state index >= 15 is 0 Å². The van der Waals surface area contributed by atoms with Gasteiger partial charge in [0.1, 0.15) is 0 Å². The zero-order chi connectivity index (χ0) is 8.69. The van der Waals surface area contributed by atoms with Gasteiger partial charge in [-0.3, -0.25) is 0 Å². The Hall–Kier alpha value is -0.890. The SMILES string of the molecule is C\C=C(C=N)/C(=C\C)/N=C/Cl. The van der Waals surface area contributed by atoms with E-state index in [0.29, 0.717) is 0 Å². The number of allylic oxidation sites excluding steroid dienone is 3. The first-order valence-corrected chi connectivity index (χ1v) is 3.70. The van der Waals surface area contributed by atoms with Crippen LogP contribution in [-0.2, 0) is 0 Å². The van der Waals surface area contributed by atoms with E-state index in [1.807, 2.05) is 19.9 Å². The molecular weight excluding hydrogens is 160 g/mol. The predicted octanol–water partition coefficient (Wildman–Crippen LogP) is 2.75. The number of hydrogen-bond donors (Lipinski definition) is 1. The van der Waals surface area contributed by atoms with Crippen molar-refractivity contribution in [3.05, 3.63) is 23.4 Å². The van der Waals surface area contributed by atoms with Crippen molar-refractivity contribution in [2.75, 3.05) is 0 Å². The van der Waals surface area contributed by atoms with E-state index in [-0.39, 0.29) is 0 Å². The Morgan fingerprint density at radius 2 is 2.00 bits per heavy atom. The Kier molecular flexibility index (Phi) is 5.39. The summed E-state index contributed by atoms with van der Waals surface area (Å²) in [4.78, 5) is 3.87. The number of rotatable bonds is 3. The fraction of sp³-hybridized carbons (Fsp3) is 0.250. The van der Waals surface area contributed by atoms with Crippen LogP contribution < -0.4 is 0 Å². The Labute approximate surface area is 71.8 Å². The first kappa shape index (κ1) is 10.1. The third-order valence-corrected chi connectivity index (χ3v) is 1.32. The minimum absolute atomic E-state index is 0.720. The van der Waals surface area contributed by atoms with Crippen molar-refractivity contribution in [1.29, 1.82) is 5.41 Å². The number of hydrogen-bond acceptors (Lipinski definition) is 2. The Bertz CT molecular complexity index is 214. The first-order valence-electron chi connectivity index (χ1n) is 3.26. The molecule has 2 nitrogen and oxygen atoms in total. The van der Waals surface area contributed by atoms with Crippen LogP contribution in [0, 0.1) is 5.41 Å². The van der Waals surface area contributed by atoms with Gasteiger partial charge in [-0.2, -0.15) is 0 Å². The van der Waals surface area contributed by atoms with Crippen molar-refractivity contribution >= 4 is 23.5 Å². The fourth-order valence-corrected chi connectivity index (χ4v) is 0.779. The van der Waals surface area contributed by atoms with Gasteiger partial charge < -0.3 is 5.41 Å². The summed E-state index contributed by atoms with van der Waals surface area (Å²) in [6.45, 7) is 3.71. The van der Waals surface area contributed by atoms with Crippen LogP contribution in [0.2, 0.25) is 0 Å². The molecule has 0 heterocycles. The van der Waals surface area contributed by atoms with E-state index in [1.165, 1.54) is 11.9 Å². The van der Waals surface area contributed by atoms with Crippen molar-refractivity contribution in [2.45, 2.75) is 13.8 Å². The highest BCUT2D eigenvalue weighted by atomic mass is 35.5. The molecule has 0 aliphatic rings. The Balaban J connectivity index is 4.64. The summed E-state index contributed by atoms with van der Waals surface area (Å²) in [7, 11) is 0. The highest BCUT2D eigenvalue weighted by molar-refractivity contribution is 6.56. The monoisotopic (exact) mass is 170 g/mol. The van der Waals surface area contributed by atoms with Crippen molar-refractivity contribution in [2.24, 2.45) is 4.99 Å². The lowest BCUT2D eigenvalue weighted by molar-refractivity contribution is 1.34. The number of aliphatic imine (C=N–C) groups is 1. The molecule has 0 aromatic carbocycles. The molecule has 0 rings (SSSR count). The zero-order valence-electron chi connectivity index (χ0n) is 6.63. The van der Waals surface area contributed by atoms with Gasteiger partial charge in [0.2, 0.25) is 0 Å². The highest BCUT2D eigenvalue weighted by Crippen LogP contribution is 2.08. The smallest absolute Gasteiger partial charge is 0.0933 e. The van der Waals surface area contributed by atoms with E-state index in [1.54, 1.807) is 6.08 Å². The molecule has 1 N–H and O–H groups in total. The Morgan fingerprint density at radius 3 is 2.27 bits per heavy atom. The van der Waals surface area contributed by atoms with Gasteiger partial charge in [0.05, 0.1) is 11.4 Å². The van der Waals surface area contributed by atoms with Crippen molar-refractivity contribution in [3.63, 3.8) is 0 Å². The van der Waals surface area contributed by atoms with Gasteiger partial charge in [-0.1, -0.05) is 23.8 Å². The van der Waals surface area contributed by atoms with Crippen molar-refractivity contribution in [3.8, 4) is 0 Å². The molecule has 0 aliphatic carbocycles. The van der Waals surface area contributed by atoms with E-state index in [2.05, 4.69) is 4.99 Å². The maximum absolute atomic E-state index is 7.02. The summed E-state index contributed by atoms with van der Waals surface area (Å²) < 4.78 is 0. The van der Waals surface area contributed by atoms with E-state index < -0.39 is 0 Å². The molecule has 3 heteroatoms. The lowest BCUT2D eigenvalue weighted by Crippen LogP contribution is -1.86. The van der Waals surface area contributed by atoms with Crippen LogP contribution in [0.4, 0.5) is 0 Å². The average Bonchev–Trinajstić information content (AvgIpc) is 2.05. The molecule has 0 radical (unpaired) electrons. The molecule has 0 aromatic heterocycles. The van der Waals surface area contributed by atoms with E-state index in [0.717, 1.165) is 11.3 Å². The molecule has 0 atom stereocenters. The quantitative estimate of drug-likeness (QED) is 0.500. The number of halogens is 1. The molecule has 0 aromatic rings. The normalized spacial score (nSPS) is 14.1. The van der Waals surface area contributed by atoms with E-state index in [9.17, 15) is 0 Å². The predicted molar refractivity (Wildman–Crippen MR) is 50.6 cm³/mol. The van der Waals surface area contributed by atoms with Crippen molar-refractivity contribution < 1.29 is 0 Å². The van der Waals surface area contributed by atoms with Gasteiger partial charge in [0, 0.05) is 11.8 Å². The molecule has 0 bridgehead atoms. The fourth-order valence-electron chi connectivity index (χ4n) is 0.673. The standard InChI is InChI=1S/C8H11ClN2/c1-3-7(5-10)8(4-2)11-6-9/h3-6,10H,1-2H3/b7-3-,8-4+,10-5?,11-6+. The molecule has 0 saturated heterocycles. The summed E-state index contributed by atoms with van der Waals surface area (Å²) in [5.74, 6) is 0. The van der Waals surface area contributed by atoms with Gasteiger partial charge in [0.25, 0.3) is 0 Å². The molecule has 0 fully saturated rings. The van der Waals surface area contributed by atoms with Gasteiger partial charge in [-0.25, -0.2) is 4.99 Å². The number of nitrogens with zero attached hydrogens (tertiary/aromatic N) is 1. The van der Waals surface area contributed by atoms with Crippen LogP contribution in [0.5, 0.6) is 0 Å². The first-order chi connectivity index (χ1) is 5.29. The topological polar surface area (TPSA) is 36.2 Å². The van der Waals surface area contributed by atoms with Gasteiger partial charge in [0.15, 0.2) is 0 Å². The molecule has 0 aliphatic heterocycles. The summed E-state index contributed by atoms with van der Waals surface area (Å²) in [6, 6.07) is 0. The summed E-state index contributed by atoms with van der Waals surface area (Å²) in [5, 5.41) is 7.02. The molecule has 11 heavy (non-hydrogen) atoms. The minimum Gasteiger partial charge on any atom is -0.308 e. The third kappa shape index (κ3) is 3.14. The average molecular weight is 171 g/mol. The van der Waals surface area contributed by atoms with E-state index in [4.69, 9.17) is 17.0 Å². The number of nitrogens with one attached hydrogen (secondary N) is 1. The summed E-state index contributed by atoms with van der Waals surface area (Å²) in [6.07, 6.45) is 4.87. The molecular formula is C8H11ClN2. The molecule has 0 saturated carbocycles. The molecule has 60 valence electrons. The molecule has 0 amide bonds. The van der Waals surface area contributed by atoms with Crippen LogP contribution in [0.15, 0.2) is 28.4 Å². The van der Waals surface area contributed by atoms with Crippen LogP contribution in [0.25, 0.3) is 0 Å². The minimum atomic E-state index is 0.720. The highest BCUT2D eigenvalue weighted by Gasteiger charge is 1.95. The maximum Gasteiger partial charge on any atom is 0.0933 e.